The fraction of sp³-hybridized carbons (Fsp3) is 0.333. The van der Waals surface area contributed by atoms with Crippen LogP contribution in [0.3, 0.4) is 0 Å². The Hall–Kier alpha value is -1.29. The summed E-state index contributed by atoms with van der Waals surface area (Å²) in [7, 11) is 5.14. The predicted molar refractivity (Wildman–Crippen MR) is 62.3 cm³/mol. The molecule has 0 fully saturated rings. The van der Waals surface area contributed by atoms with Crippen LogP contribution in [0.5, 0.6) is 0 Å². The summed E-state index contributed by atoms with van der Waals surface area (Å²) in [5.41, 5.74) is 1.45. The van der Waals surface area contributed by atoms with Crippen molar-refractivity contribution in [2.45, 2.75) is 0 Å². The van der Waals surface area contributed by atoms with Crippen LogP contribution >= 0.6 is 11.6 Å². The minimum Gasteiger partial charge on any atom is -0.393 e. The van der Waals surface area contributed by atoms with Gasteiger partial charge in [0.1, 0.15) is 5.17 Å². The van der Waals surface area contributed by atoms with E-state index < -0.39 is 0 Å². The third-order valence-electron chi connectivity index (χ3n) is 1.51. The number of allylic oxidation sites excluding steroid dienone is 2. The molecule has 0 bridgehead atoms. The van der Waals surface area contributed by atoms with E-state index in [0.717, 1.165) is 5.70 Å². The van der Waals surface area contributed by atoms with Crippen LogP contribution in [0.1, 0.15) is 0 Å². The smallest absolute Gasteiger partial charge is 0.125 e. The van der Waals surface area contributed by atoms with Crippen LogP contribution in [0.2, 0.25) is 0 Å². The molecule has 0 heterocycles. The molecule has 0 aliphatic rings. The summed E-state index contributed by atoms with van der Waals surface area (Å²) in [5.74, 6) is 0. The van der Waals surface area contributed by atoms with E-state index in [-0.39, 0.29) is 0 Å². The maximum Gasteiger partial charge on any atom is 0.125 e. The molecule has 0 aromatic heterocycles. The Morgan fingerprint density at radius 3 is 2.43 bits per heavy atom. The molecule has 0 atom stereocenters. The fourth-order valence-corrected chi connectivity index (χ4v) is 0.945. The number of nitrogens with one attached hydrogen (secondary N) is 3. The van der Waals surface area contributed by atoms with Gasteiger partial charge in [0.25, 0.3) is 0 Å². The van der Waals surface area contributed by atoms with Gasteiger partial charge in [0.15, 0.2) is 0 Å². The van der Waals surface area contributed by atoms with Gasteiger partial charge in [-0.3, -0.25) is 4.99 Å². The first-order chi connectivity index (χ1) is 6.69. The topological polar surface area (TPSA) is 60.3 Å². The van der Waals surface area contributed by atoms with E-state index in [0.29, 0.717) is 10.7 Å². The maximum atomic E-state index is 7.20. The number of likely N-dealkylation sites (N-methyl/N-ethyl adjacent to an activating group) is 1. The Balaban J connectivity index is 4.95. The van der Waals surface area contributed by atoms with Crippen LogP contribution in [-0.2, 0) is 0 Å². The summed E-state index contributed by atoms with van der Waals surface area (Å²) < 4.78 is 0. The van der Waals surface area contributed by atoms with Gasteiger partial charge in [-0.15, -0.1) is 0 Å². The highest BCUT2D eigenvalue weighted by Gasteiger charge is 2.00. The normalized spacial score (nSPS) is 13.9. The molecule has 3 N–H and O–H groups in total. The highest BCUT2D eigenvalue weighted by molar-refractivity contribution is 6.68. The van der Waals surface area contributed by atoms with Crippen molar-refractivity contribution < 1.29 is 0 Å². The Kier molecular flexibility index (Phi) is 6.49. The molecule has 0 radical (unpaired) electrons. The third kappa shape index (κ3) is 4.09. The van der Waals surface area contributed by atoms with Crippen LogP contribution in [-0.4, -0.2) is 32.5 Å². The minimum atomic E-state index is 0.387. The number of aliphatic imine (C=N–C) groups is 1. The van der Waals surface area contributed by atoms with Gasteiger partial charge in [-0.25, -0.2) is 0 Å². The van der Waals surface area contributed by atoms with Crippen LogP contribution in [0.15, 0.2) is 28.5 Å². The molecule has 0 saturated carbocycles. The Morgan fingerprint density at radius 2 is 2.07 bits per heavy atom. The van der Waals surface area contributed by atoms with Crippen molar-refractivity contribution in [3.63, 3.8) is 0 Å². The van der Waals surface area contributed by atoms with Crippen molar-refractivity contribution in [1.82, 2.24) is 10.6 Å². The first-order valence-corrected chi connectivity index (χ1v) is 4.47. The van der Waals surface area contributed by atoms with Crippen molar-refractivity contribution in [3.05, 3.63) is 23.5 Å². The van der Waals surface area contributed by atoms with Gasteiger partial charge in [0, 0.05) is 44.8 Å². The molecule has 4 nitrogen and oxygen atoms in total. The molecule has 5 heteroatoms. The van der Waals surface area contributed by atoms with E-state index in [2.05, 4.69) is 15.6 Å². The summed E-state index contributed by atoms with van der Waals surface area (Å²) in [6.07, 6.45) is 4.60. The quantitative estimate of drug-likeness (QED) is 0.474. The highest BCUT2D eigenvalue weighted by Crippen LogP contribution is 2.04. The summed E-state index contributed by atoms with van der Waals surface area (Å²) >= 11 is 5.75. The van der Waals surface area contributed by atoms with Crippen molar-refractivity contribution in [1.29, 1.82) is 5.41 Å². The number of hydrogen-bond donors (Lipinski definition) is 3. The number of hydrogen-bond acceptors (Lipinski definition) is 4. The van der Waals surface area contributed by atoms with Crippen LogP contribution < -0.4 is 10.6 Å². The molecular formula is C9H15ClN4. The van der Waals surface area contributed by atoms with Gasteiger partial charge in [-0.1, -0.05) is 11.6 Å². The van der Waals surface area contributed by atoms with E-state index in [9.17, 15) is 0 Å². The van der Waals surface area contributed by atoms with Crippen molar-refractivity contribution in [2.75, 3.05) is 21.1 Å². The monoisotopic (exact) mass is 214 g/mol. The lowest BCUT2D eigenvalue weighted by Gasteiger charge is -2.06. The number of rotatable bonds is 5. The summed E-state index contributed by atoms with van der Waals surface area (Å²) in [6, 6.07) is 0. The first-order valence-electron chi connectivity index (χ1n) is 4.09. The molecule has 0 aliphatic heterocycles. The molecule has 14 heavy (non-hydrogen) atoms. The Morgan fingerprint density at radius 1 is 1.43 bits per heavy atom. The molecule has 0 rings (SSSR count). The van der Waals surface area contributed by atoms with Gasteiger partial charge in [0.05, 0.1) is 0 Å². The molecule has 0 saturated heterocycles. The zero-order valence-electron chi connectivity index (χ0n) is 8.56. The maximum absolute atomic E-state index is 7.20. The lowest BCUT2D eigenvalue weighted by atomic mass is 10.2. The van der Waals surface area contributed by atoms with Gasteiger partial charge >= 0.3 is 0 Å². The van der Waals surface area contributed by atoms with Crippen LogP contribution in [0.4, 0.5) is 0 Å². The standard InChI is InChI=1S/C9H15ClN4/c1-12-6-7(5-11)8(13-2)4-9(10)14-3/h4-6,11-13H,1-3H3/b7-6+,8-4-,11-5?,14-9+. The molecule has 0 unspecified atom stereocenters. The average Bonchev–Trinajstić information content (AvgIpc) is 2.22. The average molecular weight is 215 g/mol. The number of halogens is 1. The van der Waals surface area contributed by atoms with Crippen LogP contribution in [0.25, 0.3) is 0 Å². The molecular weight excluding hydrogens is 200 g/mol. The lowest BCUT2D eigenvalue weighted by Crippen LogP contribution is -2.12. The molecule has 0 spiro atoms. The van der Waals surface area contributed by atoms with Gasteiger partial charge in [0.2, 0.25) is 0 Å². The highest BCUT2D eigenvalue weighted by atomic mass is 35.5. The van der Waals surface area contributed by atoms with Gasteiger partial charge < -0.3 is 16.0 Å². The predicted octanol–water partition coefficient (Wildman–Crippen LogP) is 1.11. The Bertz CT molecular complexity index is 279. The summed E-state index contributed by atoms with van der Waals surface area (Å²) in [4.78, 5) is 3.80. The van der Waals surface area contributed by atoms with E-state index in [4.69, 9.17) is 17.0 Å². The van der Waals surface area contributed by atoms with E-state index in [1.165, 1.54) is 6.21 Å². The zero-order valence-corrected chi connectivity index (χ0v) is 9.31. The Labute approximate surface area is 89.3 Å². The minimum absolute atomic E-state index is 0.387. The van der Waals surface area contributed by atoms with Crippen molar-refractivity contribution in [3.8, 4) is 0 Å². The molecule has 0 aromatic rings. The second-order valence-corrected chi connectivity index (χ2v) is 2.77. The second kappa shape index (κ2) is 7.15. The molecule has 78 valence electrons. The lowest BCUT2D eigenvalue weighted by molar-refractivity contribution is 1.00. The largest absolute Gasteiger partial charge is 0.393 e. The van der Waals surface area contributed by atoms with Gasteiger partial charge in [-0.05, 0) is 6.08 Å². The van der Waals surface area contributed by atoms with Crippen LogP contribution in [0, 0.1) is 5.41 Å². The fourth-order valence-electron chi connectivity index (χ4n) is 0.836. The SMILES string of the molecule is C\N=C(Cl)/C=C(NC)/C(C=N)=C/NC. The summed E-state index contributed by atoms with van der Waals surface area (Å²) in [6.45, 7) is 0. The zero-order chi connectivity index (χ0) is 11.0. The second-order valence-electron chi connectivity index (χ2n) is 2.39. The molecule has 0 aromatic carbocycles. The van der Waals surface area contributed by atoms with E-state index in [1.807, 2.05) is 0 Å². The van der Waals surface area contributed by atoms with Gasteiger partial charge in [-0.2, -0.15) is 0 Å². The first kappa shape index (κ1) is 12.7. The number of nitrogens with zero attached hydrogens (tertiary/aromatic N) is 1. The summed E-state index contributed by atoms with van der Waals surface area (Å²) in [5, 5.41) is 13.4. The molecule has 0 aliphatic carbocycles. The molecule has 0 amide bonds. The van der Waals surface area contributed by atoms with Crippen molar-refractivity contribution >= 4 is 23.0 Å². The van der Waals surface area contributed by atoms with E-state index in [1.54, 1.807) is 33.4 Å². The van der Waals surface area contributed by atoms with E-state index >= 15 is 0 Å². The third-order valence-corrected chi connectivity index (χ3v) is 1.79. The van der Waals surface area contributed by atoms with Crippen molar-refractivity contribution in [2.24, 2.45) is 4.99 Å².